The number of hydrogen-bond acceptors (Lipinski definition) is 6. The molecule has 3 heterocycles. The van der Waals surface area contributed by atoms with Crippen molar-refractivity contribution in [3.63, 3.8) is 0 Å². The van der Waals surface area contributed by atoms with Crippen LogP contribution < -0.4 is 0 Å². The van der Waals surface area contributed by atoms with Gasteiger partial charge in [-0.05, 0) is 18.1 Å². The number of likely N-dealkylation sites (tertiary alicyclic amines) is 1. The molecule has 2 aliphatic heterocycles. The number of halogens is 3. The van der Waals surface area contributed by atoms with Crippen LogP contribution in [0.3, 0.4) is 0 Å². The van der Waals surface area contributed by atoms with Gasteiger partial charge in [0.15, 0.2) is 0 Å². The molecule has 29 heavy (non-hydrogen) atoms. The molecule has 0 spiro atoms. The first-order valence-electron chi connectivity index (χ1n) is 8.84. The monoisotopic (exact) mass is 439 g/mol. The van der Waals surface area contributed by atoms with E-state index in [1.165, 1.54) is 6.26 Å². The summed E-state index contributed by atoms with van der Waals surface area (Å²) in [6.45, 7) is 2.98. The molecule has 3 atom stereocenters. The van der Waals surface area contributed by atoms with Crippen molar-refractivity contribution in [2.45, 2.75) is 31.3 Å². The van der Waals surface area contributed by atoms with Gasteiger partial charge in [0.2, 0.25) is 10.0 Å². The highest BCUT2D eigenvalue weighted by molar-refractivity contribution is 7.88. The number of aliphatic carboxylic acids is 1. The number of sulfonamides is 1. The van der Waals surface area contributed by atoms with Crippen LogP contribution in [0, 0.1) is 5.92 Å². The minimum atomic E-state index is -5.08. The fourth-order valence-electron chi connectivity index (χ4n) is 3.78. The number of piperidine rings is 1. The number of hydrogen-bond donors (Lipinski definition) is 1. The van der Waals surface area contributed by atoms with Gasteiger partial charge in [0.1, 0.15) is 0 Å². The molecule has 0 aliphatic carbocycles. The number of rotatable bonds is 4. The van der Waals surface area contributed by atoms with E-state index in [4.69, 9.17) is 14.6 Å². The number of carboxylic acids is 1. The molecular weight excluding hydrogens is 415 g/mol. The summed E-state index contributed by atoms with van der Waals surface area (Å²) < 4.78 is 63.1. The van der Waals surface area contributed by atoms with E-state index >= 15 is 0 Å². The summed E-state index contributed by atoms with van der Waals surface area (Å²) in [7, 11) is -1.45. The highest BCUT2D eigenvalue weighted by Crippen LogP contribution is 2.34. The smallest absolute Gasteiger partial charge is 0.475 e. The highest BCUT2D eigenvalue weighted by Gasteiger charge is 2.47. The third kappa shape index (κ3) is 6.36. The molecule has 1 aromatic rings. The van der Waals surface area contributed by atoms with Gasteiger partial charge < -0.3 is 9.84 Å². The van der Waals surface area contributed by atoms with Crippen LogP contribution in [-0.4, -0.2) is 85.0 Å². The van der Waals surface area contributed by atoms with E-state index in [1.54, 1.807) is 17.6 Å². The number of methoxy groups -OCH3 is 1. The Labute approximate surface area is 167 Å². The van der Waals surface area contributed by atoms with Crippen LogP contribution in [0.1, 0.15) is 12.0 Å². The van der Waals surface area contributed by atoms with Gasteiger partial charge >= 0.3 is 12.1 Å². The molecule has 0 unspecified atom stereocenters. The number of alkyl halides is 3. The lowest BCUT2D eigenvalue weighted by Gasteiger charge is -2.39. The van der Waals surface area contributed by atoms with Gasteiger partial charge in [0, 0.05) is 57.6 Å². The lowest BCUT2D eigenvalue weighted by molar-refractivity contribution is -0.192. The molecule has 0 bridgehead atoms. The van der Waals surface area contributed by atoms with E-state index in [2.05, 4.69) is 16.0 Å². The maximum Gasteiger partial charge on any atom is 0.490 e. The fraction of sp³-hybridized carbons (Fsp3) is 0.647. The summed E-state index contributed by atoms with van der Waals surface area (Å²) in [6.07, 6.45) is 0.762. The highest BCUT2D eigenvalue weighted by atomic mass is 32.2. The Balaban J connectivity index is 0.000000370. The fourth-order valence-corrected chi connectivity index (χ4v) is 4.93. The average Bonchev–Trinajstić information content (AvgIpc) is 3.03. The van der Waals surface area contributed by atoms with E-state index < -0.39 is 22.2 Å². The second-order valence-corrected chi connectivity index (χ2v) is 8.96. The van der Waals surface area contributed by atoms with Crippen LogP contribution in [0.25, 0.3) is 0 Å². The minimum absolute atomic E-state index is 0.0189. The zero-order valence-corrected chi connectivity index (χ0v) is 16.9. The maximum atomic E-state index is 12.0. The van der Waals surface area contributed by atoms with Crippen molar-refractivity contribution >= 4 is 16.0 Å². The van der Waals surface area contributed by atoms with Crippen molar-refractivity contribution in [2.75, 3.05) is 33.0 Å². The molecule has 8 nitrogen and oxygen atoms in total. The Bertz CT molecular complexity index is 791. The van der Waals surface area contributed by atoms with Gasteiger partial charge in [0.25, 0.3) is 0 Å². The van der Waals surface area contributed by atoms with E-state index in [-0.39, 0.29) is 18.1 Å². The summed E-state index contributed by atoms with van der Waals surface area (Å²) in [5, 5.41) is 7.12. The largest absolute Gasteiger partial charge is 0.490 e. The summed E-state index contributed by atoms with van der Waals surface area (Å²) in [5.74, 6) is -2.52. The van der Waals surface area contributed by atoms with Crippen molar-refractivity contribution in [2.24, 2.45) is 5.92 Å². The molecule has 1 aromatic heterocycles. The zero-order chi connectivity index (χ0) is 21.8. The lowest BCUT2D eigenvalue weighted by Crippen LogP contribution is -2.53. The van der Waals surface area contributed by atoms with Crippen molar-refractivity contribution in [1.82, 2.24) is 14.2 Å². The second-order valence-electron chi connectivity index (χ2n) is 7.03. The molecule has 164 valence electrons. The normalized spacial score (nSPS) is 25.8. The van der Waals surface area contributed by atoms with Crippen LogP contribution in [0.4, 0.5) is 13.2 Å². The van der Waals surface area contributed by atoms with Crippen molar-refractivity contribution in [3.8, 4) is 0 Å². The Hall–Kier alpha value is -1.76. The van der Waals surface area contributed by atoms with Crippen LogP contribution in [0.15, 0.2) is 24.5 Å². The summed E-state index contributed by atoms with van der Waals surface area (Å²) in [6, 6.07) is 4.00. The topological polar surface area (TPSA) is 100 Å². The molecule has 2 aliphatic rings. The Morgan fingerprint density at radius 3 is 2.52 bits per heavy atom. The third-order valence-corrected chi connectivity index (χ3v) is 6.30. The Kier molecular flexibility index (Phi) is 7.60. The summed E-state index contributed by atoms with van der Waals surface area (Å²) >= 11 is 0. The van der Waals surface area contributed by atoms with Crippen molar-refractivity contribution < 1.29 is 36.2 Å². The number of carboxylic acid groups (broad SMARTS) is 1. The first-order valence-corrected chi connectivity index (χ1v) is 10.7. The lowest BCUT2D eigenvalue weighted by atomic mass is 9.91. The van der Waals surface area contributed by atoms with Crippen molar-refractivity contribution in [3.05, 3.63) is 30.1 Å². The molecule has 2 fully saturated rings. The average molecular weight is 439 g/mol. The predicted molar refractivity (Wildman–Crippen MR) is 97.4 cm³/mol. The molecule has 3 rings (SSSR count). The molecule has 1 N–H and O–H groups in total. The van der Waals surface area contributed by atoms with Crippen LogP contribution in [0.2, 0.25) is 0 Å². The maximum absolute atomic E-state index is 12.0. The predicted octanol–water partition coefficient (Wildman–Crippen LogP) is 1.20. The first-order chi connectivity index (χ1) is 13.4. The standard InChI is InChI=1S/C15H23N3O3S.C2HF3O2/c1-21-15-5-7-18(22(2,19)20)14-11-17(10-13(14)15)9-12-4-3-6-16-8-12;3-2(4,5)1(6)7/h3-4,6,8,13-15H,5,7,9-11H2,1-2H3;(H,6,7)/t13-,14+,15-;/m0./s1. The van der Waals surface area contributed by atoms with Crippen LogP contribution in [0.5, 0.6) is 0 Å². The van der Waals surface area contributed by atoms with E-state index in [0.29, 0.717) is 6.54 Å². The summed E-state index contributed by atoms with van der Waals surface area (Å²) in [4.78, 5) is 15.3. The number of pyridine rings is 1. The molecule has 0 aromatic carbocycles. The molecule has 0 amide bonds. The first kappa shape index (κ1) is 23.5. The third-order valence-electron chi connectivity index (χ3n) is 4.99. The zero-order valence-electron chi connectivity index (χ0n) is 16.0. The number of aromatic nitrogens is 1. The van der Waals surface area contributed by atoms with E-state index in [0.717, 1.165) is 31.6 Å². The van der Waals surface area contributed by atoms with E-state index in [1.807, 2.05) is 12.3 Å². The van der Waals surface area contributed by atoms with Gasteiger partial charge in [-0.15, -0.1) is 0 Å². The molecule has 12 heteroatoms. The Morgan fingerprint density at radius 1 is 1.38 bits per heavy atom. The SMILES string of the molecule is CO[C@H]1CCN(S(C)(=O)=O)[C@@H]2CN(Cc3cccnc3)C[C@H]12.O=C(O)C(F)(F)F. The van der Waals surface area contributed by atoms with Crippen molar-refractivity contribution in [1.29, 1.82) is 0 Å². The second kappa shape index (κ2) is 9.37. The van der Waals surface area contributed by atoms with Crippen LogP contribution >= 0.6 is 0 Å². The number of carbonyl (C=O) groups is 1. The summed E-state index contributed by atoms with van der Waals surface area (Å²) in [5.41, 5.74) is 1.15. The Morgan fingerprint density at radius 2 is 2.03 bits per heavy atom. The molecule has 0 saturated carbocycles. The number of nitrogens with zero attached hydrogens (tertiary/aromatic N) is 3. The number of ether oxygens (including phenoxy) is 1. The van der Waals surface area contributed by atoms with Gasteiger partial charge in [-0.1, -0.05) is 6.07 Å². The number of fused-ring (bicyclic) bond motifs is 1. The van der Waals surface area contributed by atoms with Crippen LogP contribution in [-0.2, 0) is 26.1 Å². The molecule has 0 radical (unpaired) electrons. The molecule has 2 saturated heterocycles. The van der Waals surface area contributed by atoms with E-state index in [9.17, 15) is 21.6 Å². The quantitative estimate of drug-likeness (QED) is 0.752. The van der Waals surface area contributed by atoms with Gasteiger partial charge in [0.05, 0.1) is 12.4 Å². The van der Waals surface area contributed by atoms with Gasteiger partial charge in [-0.3, -0.25) is 9.88 Å². The molecular formula is C17H24F3N3O5S. The van der Waals surface area contributed by atoms with Gasteiger partial charge in [-0.2, -0.15) is 17.5 Å². The van der Waals surface area contributed by atoms with Gasteiger partial charge in [-0.25, -0.2) is 13.2 Å². The minimum Gasteiger partial charge on any atom is -0.475 e.